The van der Waals surface area contributed by atoms with Crippen LogP contribution in [-0.4, -0.2) is 48.7 Å². The number of fused-ring (bicyclic) bond motifs is 1. The molecule has 0 aliphatic carbocycles. The van der Waals surface area contributed by atoms with Crippen molar-refractivity contribution in [2.45, 2.75) is 49.8 Å². The first-order valence-electron chi connectivity index (χ1n) is 14.0. The van der Waals surface area contributed by atoms with Gasteiger partial charge in [-0.3, -0.25) is 4.79 Å². The molecule has 0 bridgehead atoms. The van der Waals surface area contributed by atoms with E-state index in [1.165, 1.54) is 0 Å². The Morgan fingerprint density at radius 1 is 0.714 bits per heavy atom. The van der Waals surface area contributed by atoms with Gasteiger partial charge in [0.2, 0.25) is 0 Å². The van der Waals surface area contributed by atoms with Crippen LogP contribution in [0.4, 0.5) is 0 Å². The summed E-state index contributed by atoms with van der Waals surface area (Å²) in [5, 5.41) is 0. The molecule has 4 atom stereocenters. The molecule has 6 rings (SSSR count). The Labute approximate surface area is 244 Å². The third-order valence-corrected chi connectivity index (χ3v) is 7.56. The second-order valence-corrected chi connectivity index (χ2v) is 10.8. The average molecular weight is 565 g/mol. The van der Waals surface area contributed by atoms with Gasteiger partial charge in [0.1, 0.15) is 11.7 Å². The molecule has 2 heterocycles. The van der Waals surface area contributed by atoms with Crippen LogP contribution in [0.2, 0.25) is 0 Å². The van der Waals surface area contributed by atoms with Gasteiger partial charge in [-0.1, -0.05) is 121 Å². The number of Topliss-reactive ketones (excluding diaryl/α,β-unsaturated/α-hetero) is 1. The number of hydrogen-bond donors (Lipinski definition) is 0. The monoisotopic (exact) mass is 564 g/mol. The molecule has 42 heavy (non-hydrogen) atoms. The summed E-state index contributed by atoms with van der Waals surface area (Å²) in [5.74, 6) is -2.68. The van der Waals surface area contributed by atoms with Crippen molar-refractivity contribution in [1.82, 2.24) is 0 Å². The molecule has 214 valence electrons. The van der Waals surface area contributed by atoms with Crippen molar-refractivity contribution in [3.8, 4) is 0 Å². The second kappa shape index (κ2) is 11.6. The summed E-state index contributed by atoms with van der Waals surface area (Å²) in [6, 6.07) is 38.2. The van der Waals surface area contributed by atoms with Crippen molar-refractivity contribution in [2.75, 3.05) is 6.61 Å². The Hall–Kier alpha value is -4.14. The van der Waals surface area contributed by atoms with Crippen LogP contribution in [0, 0.1) is 0 Å². The molecule has 0 spiro atoms. The van der Waals surface area contributed by atoms with Gasteiger partial charge in [0.25, 0.3) is 5.78 Å². The van der Waals surface area contributed by atoms with Crippen LogP contribution in [0.1, 0.15) is 40.9 Å². The predicted molar refractivity (Wildman–Crippen MR) is 155 cm³/mol. The minimum absolute atomic E-state index is 0.0102. The van der Waals surface area contributed by atoms with Crippen LogP contribution in [0.15, 0.2) is 121 Å². The maximum absolute atomic E-state index is 13.1. The fourth-order valence-electron chi connectivity index (χ4n) is 5.68. The van der Waals surface area contributed by atoms with E-state index in [1.54, 1.807) is 44.2 Å². The Morgan fingerprint density at radius 3 is 1.69 bits per heavy atom. The van der Waals surface area contributed by atoms with E-state index in [4.69, 9.17) is 23.7 Å². The lowest BCUT2D eigenvalue weighted by Gasteiger charge is -2.37. The molecule has 2 fully saturated rings. The standard InChI is InChI=1S/C35H32O7/c1-34(2)41-31-30(40-32(37)29(36)24-15-7-3-8-16-24)28(39-33(31)42-34)23-38-35(25-17-9-4-10-18-25,26-19-11-5-12-20-26)27-21-13-6-14-22-27/h3-22,28,30-31,33H,23H2,1-2H3/t28-,30+,31-,33-/m1/s1. The Bertz CT molecular complexity index is 1410. The van der Waals surface area contributed by atoms with Crippen LogP contribution in [0.3, 0.4) is 0 Å². The van der Waals surface area contributed by atoms with Crippen molar-refractivity contribution in [2.24, 2.45) is 0 Å². The third-order valence-electron chi connectivity index (χ3n) is 7.56. The fraction of sp³-hybridized carbons (Fsp3) is 0.257. The van der Waals surface area contributed by atoms with E-state index < -0.39 is 47.7 Å². The van der Waals surface area contributed by atoms with E-state index in [1.807, 2.05) is 91.0 Å². The zero-order chi connectivity index (χ0) is 29.2. The summed E-state index contributed by atoms with van der Waals surface area (Å²) in [6.45, 7) is 3.54. The van der Waals surface area contributed by atoms with Gasteiger partial charge in [-0.05, 0) is 30.5 Å². The molecule has 0 radical (unpaired) electrons. The molecule has 0 saturated carbocycles. The smallest absolute Gasteiger partial charge is 0.380 e. The minimum atomic E-state index is -1.01. The largest absolute Gasteiger partial charge is 0.450 e. The van der Waals surface area contributed by atoms with E-state index >= 15 is 0 Å². The van der Waals surface area contributed by atoms with Crippen molar-refractivity contribution < 1.29 is 33.3 Å². The van der Waals surface area contributed by atoms with Crippen molar-refractivity contribution >= 4 is 11.8 Å². The zero-order valence-electron chi connectivity index (χ0n) is 23.4. The molecular weight excluding hydrogens is 532 g/mol. The maximum atomic E-state index is 13.1. The van der Waals surface area contributed by atoms with Gasteiger partial charge in [-0.15, -0.1) is 0 Å². The molecule has 0 unspecified atom stereocenters. The maximum Gasteiger partial charge on any atom is 0.380 e. The molecule has 7 nitrogen and oxygen atoms in total. The Balaban J connectivity index is 1.34. The molecule has 7 heteroatoms. The minimum Gasteiger partial charge on any atom is -0.450 e. The molecular formula is C35H32O7. The summed E-state index contributed by atoms with van der Waals surface area (Å²) in [6.07, 6.45) is -3.26. The highest BCUT2D eigenvalue weighted by Gasteiger charge is 2.57. The van der Waals surface area contributed by atoms with Crippen LogP contribution in [0.5, 0.6) is 0 Å². The summed E-state index contributed by atoms with van der Waals surface area (Å²) in [4.78, 5) is 26.0. The van der Waals surface area contributed by atoms with Crippen molar-refractivity contribution in [1.29, 1.82) is 0 Å². The SMILES string of the molecule is CC1(C)O[C@H]2O[C@H](COC(c3ccccc3)(c3ccccc3)c3ccccc3)[C@H](OC(=O)C(=O)c3ccccc3)[C@H]2O1. The molecule has 4 aromatic carbocycles. The first-order chi connectivity index (χ1) is 20.4. The van der Waals surface area contributed by atoms with Gasteiger partial charge in [0.15, 0.2) is 24.3 Å². The highest BCUT2D eigenvalue weighted by Crippen LogP contribution is 2.43. The van der Waals surface area contributed by atoms with Gasteiger partial charge >= 0.3 is 5.97 Å². The van der Waals surface area contributed by atoms with Crippen LogP contribution in [-0.2, 0) is 34.1 Å². The number of esters is 1. The fourth-order valence-corrected chi connectivity index (χ4v) is 5.68. The zero-order valence-corrected chi connectivity index (χ0v) is 23.4. The number of ketones is 1. The molecule has 2 saturated heterocycles. The number of ether oxygens (including phenoxy) is 5. The van der Waals surface area contributed by atoms with E-state index in [0.29, 0.717) is 0 Å². The Morgan fingerprint density at radius 2 is 1.19 bits per heavy atom. The van der Waals surface area contributed by atoms with Crippen molar-refractivity contribution in [3.63, 3.8) is 0 Å². The van der Waals surface area contributed by atoms with Gasteiger partial charge in [0, 0.05) is 5.56 Å². The molecule has 0 N–H and O–H groups in total. The van der Waals surface area contributed by atoms with Crippen molar-refractivity contribution in [3.05, 3.63) is 144 Å². The second-order valence-electron chi connectivity index (χ2n) is 10.8. The highest BCUT2D eigenvalue weighted by atomic mass is 16.8. The van der Waals surface area contributed by atoms with E-state index in [9.17, 15) is 9.59 Å². The number of carbonyl (C=O) groups excluding carboxylic acids is 2. The lowest BCUT2D eigenvalue weighted by Crippen LogP contribution is -2.44. The number of benzene rings is 4. The quantitative estimate of drug-likeness (QED) is 0.112. The molecule has 2 aliphatic rings. The summed E-state index contributed by atoms with van der Waals surface area (Å²) in [5.41, 5.74) is 1.98. The molecule has 0 aromatic heterocycles. The topological polar surface area (TPSA) is 80.3 Å². The lowest BCUT2D eigenvalue weighted by molar-refractivity contribution is -0.226. The predicted octanol–water partition coefficient (Wildman–Crippen LogP) is 5.67. The molecule has 0 amide bonds. The van der Waals surface area contributed by atoms with Gasteiger partial charge < -0.3 is 23.7 Å². The number of hydrogen-bond acceptors (Lipinski definition) is 7. The highest BCUT2D eigenvalue weighted by molar-refractivity contribution is 6.40. The number of rotatable bonds is 9. The average Bonchev–Trinajstić information content (AvgIpc) is 3.50. The third kappa shape index (κ3) is 5.40. The van der Waals surface area contributed by atoms with E-state index in [-0.39, 0.29) is 12.2 Å². The summed E-state index contributed by atoms with van der Waals surface area (Å²) >= 11 is 0. The first-order valence-corrected chi connectivity index (χ1v) is 14.0. The van der Waals surface area contributed by atoms with E-state index in [2.05, 4.69) is 0 Å². The lowest BCUT2D eigenvalue weighted by atomic mass is 9.80. The summed E-state index contributed by atoms with van der Waals surface area (Å²) in [7, 11) is 0. The normalized spacial score (nSPS) is 22.8. The van der Waals surface area contributed by atoms with Crippen LogP contribution in [0.25, 0.3) is 0 Å². The number of carbonyl (C=O) groups is 2. The van der Waals surface area contributed by atoms with Crippen LogP contribution >= 0.6 is 0 Å². The van der Waals surface area contributed by atoms with Gasteiger partial charge in [-0.2, -0.15) is 0 Å². The summed E-state index contributed by atoms with van der Waals surface area (Å²) < 4.78 is 31.1. The molecule has 4 aromatic rings. The van der Waals surface area contributed by atoms with Gasteiger partial charge in [-0.25, -0.2) is 4.79 Å². The first kappa shape index (κ1) is 28.0. The van der Waals surface area contributed by atoms with Crippen LogP contribution < -0.4 is 0 Å². The van der Waals surface area contributed by atoms with E-state index in [0.717, 1.165) is 16.7 Å². The molecule has 2 aliphatic heterocycles. The van der Waals surface area contributed by atoms with Gasteiger partial charge in [0.05, 0.1) is 6.61 Å². The Kier molecular flexibility index (Phi) is 7.75.